The summed E-state index contributed by atoms with van der Waals surface area (Å²) >= 11 is 0. The third kappa shape index (κ3) is 32.3. The molecule has 78 heavy (non-hydrogen) atoms. The van der Waals surface area contributed by atoms with Gasteiger partial charge in [-0.3, -0.25) is 9.48 Å². The molecular weight excluding hydrogens is 957 g/mol. The van der Waals surface area contributed by atoms with Crippen LogP contribution < -0.4 is 10.2 Å². The normalized spacial score (nSPS) is 22.4. The fourth-order valence-electron chi connectivity index (χ4n) is 13.3. The molecule has 9 heteroatoms. The van der Waals surface area contributed by atoms with Gasteiger partial charge in [0.2, 0.25) is 11.9 Å². The number of carbonyl (C=O) groups is 1. The van der Waals surface area contributed by atoms with Gasteiger partial charge in [0.25, 0.3) is 0 Å². The van der Waals surface area contributed by atoms with Crippen molar-refractivity contribution in [2.45, 2.75) is 353 Å². The summed E-state index contributed by atoms with van der Waals surface area (Å²) in [7, 11) is 4.20. The van der Waals surface area contributed by atoms with Gasteiger partial charge in [-0.1, -0.05) is 295 Å². The first-order valence-electron chi connectivity index (χ1n) is 34.4. The van der Waals surface area contributed by atoms with Gasteiger partial charge in [-0.25, -0.2) is 4.98 Å². The minimum atomic E-state index is -0.00418. The lowest BCUT2D eigenvalue weighted by Crippen LogP contribution is -2.44. The van der Waals surface area contributed by atoms with E-state index in [9.17, 15) is 10.1 Å². The summed E-state index contributed by atoms with van der Waals surface area (Å²) in [4.78, 5) is 27.2. The lowest BCUT2D eigenvalue weighted by molar-refractivity contribution is -0.132. The Balaban J connectivity index is 1.24. The van der Waals surface area contributed by atoms with Gasteiger partial charge < -0.3 is 15.1 Å². The predicted octanol–water partition coefficient (Wildman–Crippen LogP) is 21.1. The van der Waals surface area contributed by atoms with Crippen molar-refractivity contribution in [3.63, 3.8) is 0 Å². The maximum Gasteiger partial charge on any atom is 0.236 e. The van der Waals surface area contributed by atoms with Crippen LogP contribution in [0.2, 0.25) is 0 Å². The van der Waals surface area contributed by atoms with Crippen molar-refractivity contribution in [2.24, 2.45) is 12.5 Å². The number of anilines is 3. The maximum atomic E-state index is 12.9. The zero-order valence-electron chi connectivity index (χ0n) is 51.7. The van der Waals surface area contributed by atoms with E-state index in [0.29, 0.717) is 12.0 Å². The number of aromatic nitrogens is 4. The van der Waals surface area contributed by atoms with Crippen molar-refractivity contribution >= 4 is 23.4 Å². The molecule has 3 heterocycles. The Morgan fingerprint density at radius 1 is 0.538 bits per heavy atom. The Kier molecular flexibility index (Phi) is 39.3. The summed E-state index contributed by atoms with van der Waals surface area (Å²) in [5.41, 5.74) is 2.22. The molecule has 2 aromatic rings. The smallest absolute Gasteiger partial charge is 0.236 e. The predicted molar refractivity (Wildman–Crippen MR) is 335 cm³/mol. The highest BCUT2D eigenvalue weighted by Gasteiger charge is 2.36. The Labute approximate surface area is 482 Å². The van der Waals surface area contributed by atoms with Gasteiger partial charge in [0, 0.05) is 51.2 Å². The molecule has 0 radical (unpaired) electrons. The minimum absolute atomic E-state index is 0.00418. The first-order valence-corrected chi connectivity index (χ1v) is 34.4. The molecule has 9 nitrogen and oxygen atoms in total. The van der Waals surface area contributed by atoms with Gasteiger partial charge in [0.05, 0.1) is 18.0 Å². The average Bonchev–Trinajstić information content (AvgIpc) is 3.87. The number of likely N-dealkylation sites (tertiary alicyclic amines) is 1. The second-order valence-electron chi connectivity index (χ2n) is 25.5. The summed E-state index contributed by atoms with van der Waals surface area (Å²) in [5.74, 6) is 1.62. The molecule has 2 fully saturated rings. The van der Waals surface area contributed by atoms with Crippen LogP contribution in [0.1, 0.15) is 346 Å². The lowest BCUT2D eigenvalue weighted by atomic mass is 9.70. The molecule has 2 aromatic heterocycles. The number of nitrogens with zero attached hydrogens (tertiary/aromatic N) is 7. The number of hydrogen-bond acceptors (Lipinski definition) is 7. The molecule has 446 valence electrons. The standard InChI is InChI=1S/C69H124N8O/c1-63-60-71-68(73-64-61-72-75(2)62-64)74-67(63)76(3)65-50-48-46-44-42-40-38-36-34-32-30-28-26-24-22-20-18-16-14-12-10-8-6-4-5-7-9-11-13-15-17-19-21-23-25-27-29-31-33-35-37-39-41-43-45-47-49-53-69(54-51-65)55-58-77(59-56-69)66(78)52-57-70/h60-62,65H,4-56,58-59H2,1-3H3,(H,71,73,74). The van der Waals surface area contributed by atoms with Gasteiger partial charge in [-0.05, 0) is 50.9 Å². The van der Waals surface area contributed by atoms with E-state index < -0.39 is 0 Å². The van der Waals surface area contributed by atoms with Crippen molar-refractivity contribution in [3.8, 4) is 6.07 Å². The molecule has 1 unspecified atom stereocenters. The molecule has 1 N–H and O–H groups in total. The number of hydrogen-bond donors (Lipinski definition) is 1. The summed E-state index contributed by atoms with van der Waals surface area (Å²) in [6, 6.07) is 2.49. The van der Waals surface area contributed by atoms with Crippen LogP contribution in [0.4, 0.5) is 17.5 Å². The maximum absolute atomic E-state index is 12.9. The number of piperidine rings is 1. The van der Waals surface area contributed by atoms with Crippen LogP contribution in [0.5, 0.6) is 0 Å². The first kappa shape index (κ1) is 67.4. The van der Waals surface area contributed by atoms with Gasteiger partial charge in [-0.15, -0.1) is 0 Å². The molecule has 1 aliphatic carbocycles. The molecule has 4 rings (SSSR count). The monoisotopic (exact) mass is 1080 g/mol. The summed E-state index contributed by atoms with van der Waals surface area (Å²) in [5, 5.41) is 17.1. The van der Waals surface area contributed by atoms with Gasteiger partial charge in [-0.2, -0.15) is 15.3 Å². The van der Waals surface area contributed by atoms with Crippen LogP contribution >= 0.6 is 0 Å². The Bertz CT molecular complexity index is 1760. The quantitative estimate of drug-likeness (QED) is 0.318. The molecule has 1 atom stereocenters. The van der Waals surface area contributed by atoms with Crippen molar-refractivity contribution < 1.29 is 4.79 Å². The largest absolute Gasteiger partial charge is 0.356 e. The van der Waals surface area contributed by atoms with Crippen LogP contribution in [-0.4, -0.2) is 56.7 Å². The number of rotatable bonds is 5. The highest BCUT2D eigenvalue weighted by molar-refractivity contribution is 5.78. The fraction of sp³-hybridized carbons (Fsp3) is 0.870. The number of amides is 1. The van der Waals surface area contributed by atoms with E-state index in [1.165, 1.54) is 308 Å². The number of aryl methyl sites for hydroxylation is 2. The molecule has 1 aliphatic heterocycles. The van der Waals surface area contributed by atoms with Crippen molar-refractivity contribution in [1.29, 1.82) is 5.26 Å². The van der Waals surface area contributed by atoms with E-state index in [-0.39, 0.29) is 17.7 Å². The van der Waals surface area contributed by atoms with Crippen LogP contribution in [0, 0.1) is 23.7 Å². The van der Waals surface area contributed by atoms with Crippen molar-refractivity contribution in [2.75, 3.05) is 30.4 Å². The van der Waals surface area contributed by atoms with Crippen LogP contribution in [0.3, 0.4) is 0 Å². The van der Waals surface area contributed by atoms with Gasteiger partial charge in [0.1, 0.15) is 12.2 Å². The zero-order chi connectivity index (χ0) is 55.2. The first-order chi connectivity index (χ1) is 38.4. The number of nitriles is 1. The molecule has 1 amide bonds. The second-order valence-corrected chi connectivity index (χ2v) is 25.5. The average molecular weight is 1080 g/mol. The third-order valence-corrected chi connectivity index (χ3v) is 18.7. The van der Waals surface area contributed by atoms with Crippen LogP contribution in [0.15, 0.2) is 18.6 Å². The second kappa shape index (κ2) is 45.5. The molecule has 0 bridgehead atoms. The fourth-order valence-corrected chi connectivity index (χ4v) is 13.3. The number of carbonyl (C=O) groups excluding carboxylic acids is 1. The number of nitrogens with one attached hydrogen (secondary N) is 1. The Hall–Kier alpha value is -3.15. The topological polar surface area (TPSA) is 103 Å². The SMILES string of the molecule is Cc1cnc(Nc2cnn(C)c2)nc1N(C)C1CCCCCCCCCCCCCCCCCCCCCCCCCCCCCCCCCCCCCCCCCCCCCCCCC2(CC1)CCN(C(=O)CC#N)CC2. The third-order valence-electron chi connectivity index (χ3n) is 18.7. The van der Waals surface area contributed by atoms with Crippen LogP contribution in [0.25, 0.3) is 0 Å². The van der Waals surface area contributed by atoms with E-state index >= 15 is 0 Å². The minimum Gasteiger partial charge on any atom is -0.356 e. The van der Waals surface area contributed by atoms with Crippen molar-refractivity contribution in [1.82, 2.24) is 24.6 Å². The highest BCUT2D eigenvalue weighted by Crippen LogP contribution is 2.43. The Morgan fingerprint density at radius 2 is 0.897 bits per heavy atom. The molecule has 1 saturated carbocycles. The van der Waals surface area contributed by atoms with Gasteiger partial charge >= 0.3 is 0 Å². The molecular formula is C69H124N8O. The van der Waals surface area contributed by atoms with E-state index in [2.05, 4.69) is 40.3 Å². The summed E-state index contributed by atoms with van der Waals surface area (Å²) in [6.45, 7) is 3.72. The zero-order valence-corrected chi connectivity index (χ0v) is 51.7. The molecule has 2 aliphatic rings. The van der Waals surface area contributed by atoms with E-state index in [1.807, 2.05) is 30.5 Å². The Morgan fingerprint density at radius 3 is 1.24 bits per heavy atom. The van der Waals surface area contributed by atoms with E-state index in [1.54, 1.807) is 4.68 Å². The lowest BCUT2D eigenvalue weighted by Gasteiger charge is -2.43. The van der Waals surface area contributed by atoms with Crippen molar-refractivity contribution in [3.05, 3.63) is 24.2 Å². The molecule has 1 saturated heterocycles. The van der Waals surface area contributed by atoms with Gasteiger partial charge in [0.15, 0.2) is 0 Å². The molecule has 0 aromatic carbocycles. The van der Waals surface area contributed by atoms with E-state index in [0.717, 1.165) is 55.8 Å². The van der Waals surface area contributed by atoms with Crippen LogP contribution in [-0.2, 0) is 11.8 Å². The highest BCUT2D eigenvalue weighted by atomic mass is 16.2. The summed E-state index contributed by atoms with van der Waals surface area (Å²) in [6.07, 6.45) is 78.1. The summed E-state index contributed by atoms with van der Waals surface area (Å²) < 4.78 is 1.80. The molecule has 1 spiro atoms. The van der Waals surface area contributed by atoms with E-state index in [4.69, 9.17) is 4.98 Å².